The number of likely N-dealkylation sites (N-methyl/N-ethyl adjacent to an activating group) is 1. The summed E-state index contributed by atoms with van der Waals surface area (Å²) < 4.78 is 27.0. The van der Waals surface area contributed by atoms with Crippen LogP contribution in [-0.2, 0) is 18.3 Å². The van der Waals surface area contributed by atoms with E-state index in [1.54, 1.807) is 6.26 Å². The van der Waals surface area contributed by atoms with Gasteiger partial charge in [0, 0.05) is 0 Å². The van der Waals surface area contributed by atoms with Gasteiger partial charge in [-0.3, -0.25) is 4.57 Å². The summed E-state index contributed by atoms with van der Waals surface area (Å²) in [7, 11) is 1.41. The zero-order valence-electron chi connectivity index (χ0n) is 22.5. The summed E-state index contributed by atoms with van der Waals surface area (Å²) in [6.07, 6.45) is 22.3. The number of aliphatic hydroxyl groups excluding tert-OH is 1. The second-order valence-electron chi connectivity index (χ2n) is 10.3. The Hall–Kier alpha value is -0.430. The maximum Gasteiger partial charge on any atom is 0.268 e. The standard InChI is InChI=1S/C26H54NO6P/c1-5-6-7-8-9-10-11-12-13-14-15-16-17-18-19-20-22-31-24-26(28)25-33-34(29,30)32-23-21-27(2,3)4/h20,22,26,28H,5-19,21,23-25H2,1-4H3/b22-20+/t26-/m1/s1. The Morgan fingerprint density at radius 2 is 1.32 bits per heavy atom. The molecule has 0 saturated carbocycles. The highest BCUT2D eigenvalue weighted by Gasteiger charge is 2.15. The summed E-state index contributed by atoms with van der Waals surface area (Å²) in [4.78, 5) is 11.7. The first-order chi connectivity index (χ1) is 16.2. The Morgan fingerprint density at radius 1 is 0.824 bits per heavy atom. The van der Waals surface area contributed by atoms with Crippen molar-refractivity contribution in [3.63, 3.8) is 0 Å². The Labute approximate surface area is 210 Å². The molecule has 8 heteroatoms. The Balaban J connectivity index is 3.46. The van der Waals surface area contributed by atoms with Gasteiger partial charge < -0.3 is 28.3 Å². The lowest BCUT2D eigenvalue weighted by Crippen LogP contribution is -2.37. The van der Waals surface area contributed by atoms with Crippen LogP contribution in [0.1, 0.15) is 103 Å². The Bertz CT molecular complexity index is 524. The van der Waals surface area contributed by atoms with Crippen LogP contribution in [0.25, 0.3) is 0 Å². The summed E-state index contributed by atoms with van der Waals surface area (Å²) in [5.74, 6) is 0. The number of phosphoric ester groups is 1. The number of quaternary nitrogens is 1. The van der Waals surface area contributed by atoms with E-state index in [0.717, 1.165) is 12.8 Å². The van der Waals surface area contributed by atoms with Crippen molar-refractivity contribution in [3.05, 3.63) is 12.3 Å². The van der Waals surface area contributed by atoms with Gasteiger partial charge in [0.2, 0.25) is 0 Å². The molecule has 34 heavy (non-hydrogen) atoms. The van der Waals surface area contributed by atoms with Crippen molar-refractivity contribution in [1.82, 2.24) is 0 Å². The third kappa shape index (κ3) is 26.2. The minimum atomic E-state index is -4.40. The summed E-state index contributed by atoms with van der Waals surface area (Å²) in [5, 5.41) is 9.80. The van der Waals surface area contributed by atoms with Crippen molar-refractivity contribution in [2.75, 3.05) is 47.5 Å². The molecule has 0 heterocycles. The van der Waals surface area contributed by atoms with Crippen molar-refractivity contribution < 1.29 is 32.8 Å². The van der Waals surface area contributed by atoms with E-state index in [4.69, 9.17) is 13.8 Å². The lowest BCUT2D eigenvalue weighted by Gasteiger charge is -2.27. The second-order valence-corrected chi connectivity index (χ2v) is 11.7. The molecule has 1 unspecified atom stereocenters. The van der Waals surface area contributed by atoms with Gasteiger partial charge in [-0.1, -0.05) is 90.4 Å². The fourth-order valence-electron chi connectivity index (χ4n) is 3.45. The Kier molecular flexibility index (Phi) is 21.5. The van der Waals surface area contributed by atoms with Crippen molar-refractivity contribution in [2.45, 2.75) is 109 Å². The van der Waals surface area contributed by atoms with Crippen molar-refractivity contribution in [2.24, 2.45) is 0 Å². The topological polar surface area (TPSA) is 88.0 Å². The van der Waals surface area contributed by atoms with E-state index in [1.165, 1.54) is 83.5 Å². The number of allylic oxidation sites excluding steroid dienone is 1. The van der Waals surface area contributed by atoms with Gasteiger partial charge in [0.05, 0.1) is 34.0 Å². The predicted octanol–water partition coefficient (Wildman–Crippen LogP) is 5.96. The minimum Gasteiger partial charge on any atom is -0.756 e. The fourth-order valence-corrected chi connectivity index (χ4v) is 4.18. The molecule has 0 spiro atoms. The molecule has 0 aliphatic carbocycles. The maximum absolute atomic E-state index is 11.7. The van der Waals surface area contributed by atoms with Crippen LogP contribution in [0.15, 0.2) is 12.3 Å². The van der Waals surface area contributed by atoms with E-state index >= 15 is 0 Å². The highest BCUT2D eigenvalue weighted by molar-refractivity contribution is 7.45. The van der Waals surface area contributed by atoms with Crippen LogP contribution in [0.2, 0.25) is 0 Å². The normalized spacial score (nSPS) is 15.0. The van der Waals surface area contributed by atoms with Gasteiger partial charge in [-0.15, -0.1) is 0 Å². The molecule has 0 saturated heterocycles. The van der Waals surface area contributed by atoms with Gasteiger partial charge in [0.25, 0.3) is 7.82 Å². The highest BCUT2D eigenvalue weighted by Crippen LogP contribution is 2.38. The predicted molar refractivity (Wildman–Crippen MR) is 138 cm³/mol. The molecule has 0 aromatic heterocycles. The van der Waals surface area contributed by atoms with E-state index < -0.39 is 13.9 Å². The van der Waals surface area contributed by atoms with Gasteiger partial charge in [-0.25, -0.2) is 0 Å². The first-order valence-electron chi connectivity index (χ1n) is 13.5. The molecular formula is C26H54NO6P. The zero-order chi connectivity index (χ0) is 25.5. The average molecular weight is 508 g/mol. The monoisotopic (exact) mass is 507 g/mol. The lowest BCUT2D eigenvalue weighted by molar-refractivity contribution is -0.870. The van der Waals surface area contributed by atoms with Crippen LogP contribution in [0.4, 0.5) is 0 Å². The number of rotatable bonds is 25. The number of hydrogen-bond donors (Lipinski definition) is 1. The molecule has 0 fully saturated rings. The van der Waals surface area contributed by atoms with Crippen molar-refractivity contribution >= 4 is 7.82 Å². The maximum atomic E-state index is 11.7. The first kappa shape index (κ1) is 33.6. The third-order valence-electron chi connectivity index (χ3n) is 5.64. The van der Waals surface area contributed by atoms with E-state index in [9.17, 15) is 14.6 Å². The number of nitrogens with zero attached hydrogens (tertiary/aromatic N) is 1. The van der Waals surface area contributed by atoms with Gasteiger partial charge >= 0.3 is 0 Å². The van der Waals surface area contributed by atoms with Gasteiger partial charge in [-0.05, 0) is 18.9 Å². The SMILES string of the molecule is CCCCCCCCCCCCCCCC/C=C/OC[C@@H](O)COP(=O)([O-])OCC[N+](C)(C)C. The molecule has 1 N–H and O–H groups in total. The summed E-state index contributed by atoms with van der Waals surface area (Å²) in [5.41, 5.74) is 0. The van der Waals surface area contributed by atoms with Crippen LogP contribution in [0, 0.1) is 0 Å². The van der Waals surface area contributed by atoms with Gasteiger partial charge in [0.15, 0.2) is 0 Å². The molecule has 0 aliphatic heterocycles. The van der Waals surface area contributed by atoms with Crippen molar-refractivity contribution in [3.8, 4) is 0 Å². The quantitative estimate of drug-likeness (QED) is 0.0710. The molecule has 7 nitrogen and oxygen atoms in total. The van der Waals surface area contributed by atoms with Crippen molar-refractivity contribution in [1.29, 1.82) is 0 Å². The number of hydrogen-bond acceptors (Lipinski definition) is 6. The van der Waals surface area contributed by atoms with E-state index in [-0.39, 0.29) is 19.8 Å². The van der Waals surface area contributed by atoms with Crippen LogP contribution in [0.5, 0.6) is 0 Å². The van der Waals surface area contributed by atoms with Gasteiger partial charge in [0.1, 0.15) is 25.9 Å². The minimum absolute atomic E-state index is 0.0197. The number of phosphoric acid groups is 1. The molecule has 0 aromatic carbocycles. The number of unbranched alkanes of at least 4 members (excludes halogenated alkanes) is 14. The van der Waals surface area contributed by atoms with E-state index in [2.05, 4.69) is 6.92 Å². The second kappa shape index (κ2) is 21.8. The molecule has 204 valence electrons. The molecule has 0 aliphatic rings. The average Bonchev–Trinajstić information content (AvgIpc) is 2.76. The van der Waals surface area contributed by atoms with Crippen LogP contribution >= 0.6 is 7.82 Å². The Morgan fingerprint density at radius 3 is 1.82 bits per heavy atom. The summed E-state index contributed by atoms with van der Waals surface area (Å²) in [6, 6.07) is 0. The molecule has 0 amide bonds. The largest absolute Gasteiger partial charge is 0.756 e. The van der Waals surface area contributed by atoms with Crippen LogP contribution < -0.4 is 4.89 Å². The number of aliphatic hydroxyl groups is 1. The molecule has 0 radical (unpaired) electrons. The smallest absolute Gasteiger partial charge is 0.268 e. The van der Waals surface area contributed by atoms with E-state index in [0.29, 0.717) is 11.0 Å². The van der Waals surface area contributed by atoms with Crippen LogP contribution in [-0.4, -0.2) is 63.2 Å². The molecule has 2 atom stereocenters. The summed E-state index contributed by atoms with van der Waals surface area (Å²) >= 11 is 0. The first-order valence-corrected chi connectivity index (χ1v) is 15.0. The molecular weight excluding hydrogens is 453 g/mol. The van der Waals surface area contributed by atoms with Crippen LogP contribution in [0.3, 0.4) is 0 Å². The molecule has 0 bridgehead atoms. The summed E-state index contributed by atoms with van der Waals surface area (Å²) in [6.45, 7) is 2.44. The molecule has 0 rings (SSSR count). The lowest BCUT2D eigenvalue weighted by atomic mass is 10.0. The zero-order valence-corrected chi connectivity index (χ0v) is 23.4. The van der Waals surface area contributed by atoms with E-state index in [1.807, 2.05) is 27.2 Å². The third-order valence-corrected chi connectivity index (χ3v) is 6.61. The molecule has 0 aromatic rings. The number of ether oxygens (including phenoxy) is 1. The highest BCUT2D eigenvalue weighted by atomic mass is 31.2. The van der Waals surface area contributed by atoms with Gasteiger partial charge in [-0.2, -0.15) is 0 Å². The fraction of sp³-hybridized carbons (Fsp3) is 0.923.